The third kappa shape index (κ3) is 14.7. The van der Waals surface area contributed by atoms with E-state index in [1.807, 2.05) is 160 Å². The van der Waals surface area contributed by atoms with Crippen molar-refractivity contribution in [2.24, 2.45) is 35.2 Å². The van der Waals surface area contributed by atoms with Gasteiger partial charge in [0, 0.05) is 153 Å². The summed E-state index contributed by atoms with van der Waals surface area (Å²) in [5.74, 6) is -4.58. The van der Waals surface area contributed by atoms with E-state index >= 15 is 0 Å². The second kappa shape index (κ2) is 32.1. The van der Waals surface area contributed by atoms with E-state index in [1.165, 1.54) is 25.3 Å². The predicted molar refractivity (Wildman–Crippen MR) is 491 cm³/mol. The van der Waals surface area contributed by atoms with Crippen molar-refractivity contribution in [2.45, 2.75) is 129 Å². The van der Waals surface area contributed by atoms with Gasteiger partial charge in [0.25, 0.3) is 0 Å². The zero-order valence-electron chi connectivity index (χ0n) is 97.4. The first-order valence-electron chi connectivity index (χ1n) is 53.5. The number of furan rings is 5. The molecule has 20 rings (SSSR count). The molecule has 10 heterocycles. The Morgan fingerprint density at radius 3 is 0.958 bits per heavy atom. The number of aromatic nitrogens is 5. The fourth-order valence-corrected chi connectivity index (χ4v) is 16.3. The molecule has 0 aliphatic carbocycles. The van der Waals surface area contributed by atoms with Crippen molar-refractivity contribution in [1.82, 2.24) is 0 Å². The highest BCUT2D eigenvalue weighted by Crippen LogP contribution is 2.45. The summed E-state index contributed by atoms with van der Waals surface area (Å²) in [6.07, 6.45) is 8.21. The molecule has 10 nitrogen and oxygen atoms in total. The normalized spacial score (nSPS) is 16.7. The summed E-state index contributed by atoms with van der Waals surface area (Å²) < 4.78 is 269. The minimum Gasteiger partial charge on any atom is -0.455 e. The Bertz CT molecular complexity index is 8650. The van der Waals surface area contributed by atoms with Crippen LogP contribution >= 0.6 is 0 Å². The van der Waals surface area contributed by atoms with Crippen molar-refractivity contribution in [2.75, 3.05) is 0 Å². The maximum atomic E-state index is 8.58. The number of fused-ring (bicyclic) bond motifs is 15. The van der Waals surface area contributed by atoms with E-state index < -0.39 is 73.5 Å². The first kappa shape index (κ1) is 51.9. The summed E-state index contributed by atoms with van der Waals surface area (Å²) in [6.45, 7) is -7.71. The van der Waals surface area contributed by atoms with Gasteiger partial charge in [0.15, 0.2) is 31.0 Å². The van der Waals surface area contributed by atoms with Gasteiger partial charge >= 0.3 is 0 Å². The van der Waals surface area contributed by atoms with Gasteiger partial charge in [0.1, 0.15) is 91.1 Å². The zero-order chi connectivity index (χ0) is 108. The highest BCUT2D eigenvalue weighted by Gasteiger charge is 2.29. The Labute approximate surface area is 738 Å². The molecule has 119 heavy (non-hydrogen) atoms. The molecule has 0 aliphatic heterocycles. The van der Waals surface area contributed by atoms with Crippen LogP contribution in [0.15, 0.2) is 265 Å². The molecule has 0 amide bonds. The van der Waals surface area contributed by atoms with Gasteiger partial charge in [0.05, 0.1) is 27.8 Å². The van der Waals surface area contributed by atoms with Crippen LogP contribution in [0.4, 0.5) is 0 Å². The molecule has 0 radical (unpaired) electrons. The SMILES string of the molecule is [2H]C([2H])([2H])C([2H])(C)c1cc[n+](C)c(-c2c(C)ccc3c2oc2ccccc23)c1.[2H]C([2H])([2H])c1c[n+](C)c(-c2c(C)cc(C([2H])([2H])[2H])c3c2oc2ccccc23)cc1C.[2H]C([2H])([2H])c1c[n+](C)c(-c2c(C)ccc3c2oc2ccccc23)cc1C.[2H]C([2H])([2H])c1cc(C)c(-c2cc(C([2H])(C([2H])([2H])[2H])C([2H])([2H])[2H])cc[n+]2C)c2oc3ccccc3c12.[2H]C([2H])([2H])c1ccc(-c2c(C)cc(C([2H])([2H])[2H])c3c2oc2ccccc23)[n+](C)c1. The number of pyridine rings is 5. The Kier molecular flexibility index (Phi) is 14.0. The predicted octanol–water partition coefficient (Wildman–Crippen LogP) is 26.6. The molecule has 0 saturated heterocycles. The molecule has 10 aromatic heterocycles. The molecule has 1 atom stereocenters. The first-order chi connectivity index (χ1) is 68.7. The van der Waals surface area contributed by atoms with Crippen molar-refractivity contribution in [3.63, 3.8) is 0 Å². The van der Waals surface area contributed by atoms with Crippen molar-refractivity contribution < 1.29 is 84.7 Å². The molecular formula is C109H108N5O5+5. The molecule has 0 spiro atoms. The Morgan fingerprint density at radius 2 is 0.588 bits per heavy atom. The maximum absolute atomic E-state index is 8.58. The molecule has 0 fully saturated rings. The van der Waals surface area contributed by atoms with Crippen LogP contribution in [0, 0.1) is 89.6 Å². The van der Waals surface area contributed by atoms with E-state index in [-0.39, 0.29) is 33.4 Å². The molecule has 0 N–H and O–H groups in total. The minimum atomic E-state index is -3.13. The lowest BCUT2D eigenvalue weighted by molar-refractivity contribution is -0.660. The monoisotopic (exact) mass is 1600 g/mol. The van der Waals surface area contributed by atoms with E-state index in [2.05, 4.69) is 37.3 Å². The third-order valence-electron chi connectivity index (χ3n) is 22.4. The van der Waals surface area contributed by atoms with E-state index in [4.69, 9.17) is 61.8 Å². The number of hydrogen-bond donors (Lipinski definition) is 0. The molecule has 10 aromatic carbocycles. The molecule has 10 heteroatoms. The minimum absolute atomic E-state index is 0.123. The molecule has 594 valence electrons. The summed E-state index contributed by atoms with van der Waals surface area (Å²) in [5.41, 5.74) is 21.2. The number of rotatable bonds is 7. The van der Waals surface area contributed by atoms with Gasteiger partial charge in [-0.1, -0.05) is 161 Å². The number of hydrogen-bond acceptors (Lipinski definition) is 5. The van der Waals surface area contributed by atoms with E-state index in [0.29, 0.717) is 88.6 Å². The molecule has 0 aliphatic rings. The van der Waals surface area contributed by atoms with E-state index in [1.54, 1.807) is 134 Å². The van der Waals surface area contributed by atoms with Crippen LogP contribution in [0.1, 0.15) is 162 Å². The number of nitrogens with zero attached hydrogens (tertiary/aromatic N) is 5. The Hall–Kier alpha value is -13.1. The van der Waals surface area contributed by atoms with Crippen molar-refractivity contribution in [1.29, 1.82) is 0 Å². The van der Waals surface area contributed by atoms with E-state index in [9.17, 15) is 0 Å². The lowest BCUT2D eigenvalue weighted by Crippen LogP contribution is -2.31. The highest BCUT2D eigenvalue weighted by molar-refractivity contribution is 6.15. The van der Waals surface area contributed by atoms with Crippen LogP contribution in [0.5, 0.6) is 0 Å². The number of para-hydroxylation sites is 5. The lowest BCUT2D eigenvalue weighted by atomic mass is 9.95. The van der Waals surface area contributed by atoms with Crippen LogP contribution in [-0.2, 0) is 35.2 Å². The Morgan fingerprint density at radius 1 is 0.261 bits per heavy atom. The second-order valence-electron chi connectivity index (χ2n) is 30.7. The van der Waals surface area contributed by atoms with E-state index in [0.717, 1.165) is 127 Å². The summed E-state index contributed by atoms with van der Waals surface area (Å²) in [5, 5.41) is 7.89. The van der Waals surface area contributed by atoms with Gasteiger partial charge in [-0.25, -0.2) is 22.8 Å². The second-order valence-corrected chi connectivity index (χ2v) is 30.7. The average molecular weight is 1600 g/mol. The van der Waals surface area contributed by atoms with Gasteiger partial charge in [-0.05, 0) is 205 Å². The number of aryl methyl sites for hydroxylation is 18. The van der Waals surface area contributed by atoms with Crippen LogP contribution in [0.3, 0.4) is 0 Å². The Balaban J connectivity index is 0.000000132. The molecular weight excluding hydrogens is 1460 g/mol. The van der Waals surface area contributed by atoms with Crippen molar-refractivity contribution in [3.05, 3.63) is 327 Å². The topological polar surface area (TPSA) is 85.1 Å². The highest BCUT2D eigenvalue weighted by atomic mass is 16.3. The number of benzene rings is 10. The van der Waals surface area contributed by atoms with Gasteiger partial charge in [-0.3, -0.25) is 0 Å². The quantitative estimate of drug-likeness (QED) is 0.148. The van der Waals surface area contributed by atoms with Gasteiger partial charge in [-0.2, -0.15) is 0 Å². The van der Waals surface area contributed by atoms with Crippen molar-refractivity contribution in [3.8, 4) is 56.3 Å². The van der Waals surface area contributed by atoms with Gasteiger partial charge in [0.2, 0.25) is 28.5 Å². The third-order valence-corrected chi connectivity index (χ3v) is 22.4. The fourth-order valence-electron chi connectivity index (χ4n) is 16.3. The fraction of sp³-hybridized carbons (Fsp3) is 0.220. The molecule has 1 unspecified atom stereocenters. The largest absolute Gasteiger partial charge is 0.455 e. The first-order valence-corrected chi connectivity index (χ1v) is 39.0. The zero-order valence-corrected chi connectivity index (χ0v) is 68.4. The standard InChI is InChI=1S/C23H24NO.2C22H22NO.2C21H20NO/c1-14(2)17-10-11-24(5)19(13-17)22-16(4)12-15(3)21-18-8-6-7-9-20(18)25-23(21)22;1-13-11-18(23(5)12-16(13)4)21-15(3)10-14(2)20-17-8-6-7-9-19(17)24-22(20)21;1-14(2)16-11-12-23(4)19(13-16)21-15(3)9-10-18-17-7-5-6-8-20(17)24-22(18)21;1-13-9-10-17-16-7-5-6-8-19(16)23-21(17)20(13)18-11-14(2)15(3)12-22(18)4;1-13-9-10-17(22(4)12-13)20-15(3)11-14(2)19-16-7-5-6-8-18(16)23-21(19)20/h6-14H,1-5H3;6-12H,1-5H3;5-14H,1-4H3;2*5-12H,1-4H3/q5*+1/i1D3,2D3,3D3,14D;2D3,4D3;1D3,14D;3D3;1D3,2D3. The summed E-state index contributed by atoms with van der Waals surface area (Å²) in [4.78, 5) is 0. The molecule has 20 aromatic rings. The summed E-state index contributed by atoms with van der Waals surface area (Å²) in [6, 6.07) is 64.2. The summed E-state index contributed by atoms with van der Waals surface area (Å²) >= 11 is 0. The van der Waals surface area contributed by atoms with Gasteiger partial charge < -0.3 is 22.1 Å². The molecule has 0 saturated carbocycles. The maximum Gasteiger partial charge on any atom is 0.216 e. The summed E-state index contributed by atoms with van der Waals surface area (Å²) in [7, 11) is 9.05. The lowest BCUT2D eigenvalue weighted by Gasteiger charge is -2.10. The van der Waals surface area contributed by atoms with Crippen LogP contribution in [-0.4, -0.2) is 0 Å². The average Bonchev–Trinajstić information content (AvgIpc) is 1.75. The van der Waals surface area contributed by atoms with Crippen LogP contribution < -0.4 is 22.8 Å². The van der Waals surface area contributed by atoms with Crippen LogP contribution in [0.25, 0.3) is 166 Å². The molecule has 0 bridgehead atoms. The smallest absolute Gasteiger partial charge is 0.216 e. The van der Waals surface area contributed by atoms with Gasteiger partial charge in [-0.15, -0.1) is 0 Å². The van der Waals surface area contributed by atoms with Crippen LogP contribution in [0.2, 0.25) is 0 Å². The van der Waals surface area contributed by atoms with Crippen molar-refractivity contribution >= 4 is 110 Å².